The standard InChI is InChI=1S/C15H23FN2O/c1-11(10-19-3)18(2)15-7-4-12(8-14(15)16)9-17-13-5-6-13/h4,7-8,11,13,17H,5-6,9-10H2,1-3H3. The highest BCUT2D eigenvalue weighted by atomic mass is 19.1. The van der Waals surface area contributed by atoms with Crippen molar-refractivity contribution in [3.63, 3.8) is 0 Å². The minimum absolute atomic E-state index is 0.148. The summed E-state index contributed by atoms with van der Waals surface area (Å²) in [6.45, 7) is 3.35. The minimum atomic E-state index is -0.166. The summed E-state index contributed by atoms with van der Waals surface area (Å²) in [5.74, 6) is -0.166. The van der Waals surface area contributed by atoms with Crippen LogP contribution in [0.3, 0.4) is 0 Å². The number of methoxy groups -OCH3 is 1. The van der Waals surface area contributed by atoms with Crippen LogP contribution in [0.4, 0.5) is 10.1 Å². The molecule has 1 saturated carbocycles. The number of nitrogens with zero attached hydrogens (tertiary/aromatic N) is 1. The molecule has 0 saturated heterocycles. The average molecular weight is 266 g/mol. The van der Waals surface area contributed by atoms with Gasteiger partial charge < -0.3 is 15.0 Å². The molecule has 1 aromatic rings. The first kappa shape index (κ1) is 14.3. The van der Waals surface area contributed by atoms with E-state index in [4.69, 9.17) is 4.74 Å². The number of halogens is 1. The Kier molecular flexibility index (Phi) is 4.77. The summed E-state index contributed by atoms with van der Waals surface area (Å²) >= 11 is 0. The van der Waals surface area contributed by atoms with Crippen molar-refractivity contribution in [2.45, 2.75) is 38.4 Å². The molecule has 1 fully saturated rings. The quantitative estimate of drug-likeness (QED) is 0.821. The molecule has 0 heterocycles. The second-order valence-corrected chi connectivity index (χ2v) is 5.36. The zero-order valence-corrected chi connectivity index (χ0v) is 11.9. The first-order chi connectivity index (χ1) is 9.11. The van der Waals surface area contributed by atoms with Gasteiger partial charge in [-0.15, -0.1) is 0 Å². The molecule has 1 atom stereocenters. The van der Waals surface area contributed by atoms with Crippen LogP contribution in [0.25, 0.3) is 0 Å². The van der Waals surface area contributed by atoms with Crippen molar-refractivity contribution < 1.29 is 9.13 Å². The lowest BCUT2D eigenvalue weighted by Gasteiger charge is -2.27. The third-order valence-electron chi connectivity index (χ3n) is 3.63. The molecule has 1 unspecified atom stereocenters. The van der Waals surface area contributed by atoms with Crippen molar-refractivity contribution in [2.75, 3.05) is 25.7 Å². The Morgan fingerprint density at radius 3 is 2.79 bits per heavy atom. The van der Waals surface area contributed by atoms with Gasteiger partial charge in [0.15, 0.2) is 0 Å². The number of nitrogens with one attached hydrogen (secondary N) is 1. The Balaban J connectivity index is 2.00. The van der Waals surface area contributed by atoms with E-state index in [-0.39, 0.29) is 11.9 Å². The monoisotopic (exact) mass is 266 g/mol. The van der Waals surface area contributed by atoms with E-state index in [9.17, 15) is 4.39 Å². The van der Waals surface area contributed by atoms with Crippen molar-refractivity contribution in [1.82, 2.24) is 5.32 Å². The molecule has 1 aromatic carbocycles. The first-order valence-corrected chi connectivity index (χ1v) is 6.85. The number of rotatable bonds is 7. The van der Waals surface area contributed by atoms with Crippen molar-refractivity contribution in [3.8, 4) is 0 Å². The van der Waals surface area contributed by atoms with Gasteiger partial charge in [0.25, 0.3) is 0 Å². The van der Waals surface area contributed by atoms with Crippen LogP contribution in [0.5, 0.6) is 0 Å². The Hall–Kier alpha value is -1.13. The molecule has 1 aliphatic rings. The maximum atomic E-state index is 14.1. The Morgan fingerprint density at radius 1 is 1.47 bits per heavy atom. The molecule has 3 nitrogen and oxygen atoms in total. The second kappa shape index (κ2) is 6.35. The molecule has 2 rings (SSSR count). The van der Waals surface area contributed by atoms with Gasteiger partial charge in [-0.2, -0.15) is 0 Å². The summed E-state index contributed by atoms with van der Waals surface area (Å²) in [4.78, 5) is 1.91. The molecular weight excluding hydrogens is 243 g/mol. The molecule has 0 aliphatic heterocycles. The fraction of sp³-hybridized carbons (Fsp3) is 0.600. The van der Waals surface area contributed by atoms with Crippen LogP contribution in [0.15, 0.2) is 18.2 Å². The lowest BCUT2D eigenvalue weighted by Crippen LogP contribution is -2.33. The zero-order valence-electron chi connectivity index (χ0n) is 11.9. The van der Waals surface area contributed by atoms with Crippen LogP contribution in [-0.2, 0) is 11.3 Å². The van der Waals surface area contributed by atoms with Gasteiger partial charge in [-0.1, -0.05) is 6.07 Å². The van der Waals surface area contributed by atoms with Crippen LogP contribution in [0.1, 0.15) is 25.3 Å². The van der Waals surface area contributed by atoms with E-state index in [0.29, 0.717) is 18.3 Å². The largest absolute Gasteiger partial charge is 0.383 e. The van der Waals surface area contributed by atoms with Crippen LogP contribution in [-0.4, -0.2) is 32.8 Å². The van der Waals surface area contributed by atoms with Crippen LogP contribution in [0, 0.1) is 5.82 Å². The highest BCUT2D eigenvalue weighted by Gasteiger charge is 2.20. The van der Waals surface area contributed by atoms with E-state index in [0.717, 1.165) is 12.1 Å². The van der Waals surface area contributed by atoms with Crippen molar-refractivity contribution in [1.29, 1.82) is 0 Å². The summed E-state index contributed by atoms with van der Waals surface area (Å²) in [7, 11) is 3.55. The van der Waals surface area contributed by atoms with E-state index in [1.165, 1.54) is 12.8 Å². The third kappa shape index (κ3) is 3.91. The summed E-state index contributed by atoms with van der Waals surface area (Å²) < 4.78 is 19.2. The van der Waals surface area contributed by atoms with Gasteiger partial charge >= 0.3 is 0 Å². The number of ether oxygens (including phenoxy) is 1. The summed E-state index contributed by atoms with van der Waals surface area (Å²) in [5.41, 5.74) is 1.63. The first-order valence-electron chi connectivity index (χ1n) is 6.85. The summed E-state index contributed by atoms with van der Waals surface area (Å²) in [5, 5.41) is 3.39. The SMILES string of the molecule is COCC(C)N(C)c1ccc(CNC2CC2)cc1F. The van der Waals surface area contributed by atoms with Crippen LogP contribution >= 0.6 is 0 Å². The Morgan fingerprint density at radius 2 is 2.21 bits per heavy atom. The van der Waals surface area contributed by atoms with Crippen molar-refractivity contribution in [2.24, 2.45) is 0 Å². The number of anilines is 1. The topological polar surface area (TPSA) is 24.5 Å². The minimum Gasteiger partial charge on any atom is -0.383 e. The second-order valence-electron chi connectivity index (χ2n) is 5.36. The lowest BCUT2D eigenvalue weighted by atomic mass is 10.1. The number of hydrogen-bond donors (Lipinski definition) is 1. The predicted molar refractivity (Wildman–Crippen MR) is 76.0 cm³/mol. The van der Waals surface area contributed by atoms with Gasteiger partial charge in [0.2, 0.25) is 0 Å². The molecule has 4 heteroatoms. The third-order valence-corrected chi connectivity index (χ3v) is 3.63. The molecule has 0 aromatic heterocycles. The van der Waals surface area contributed by atoms with Crippen LogP contribution < -0.4 is 10.2 Å². The fourth-order valence-electron chi connectivity index (χ4n) is 2.09. The maximum Gasteiger partial charge on any atom is 0.146 e. The van der Waals surface area contributed by atoms with Gasteiger partial charge in [-0.05, 0) is 37.5 Å². The summed E-state index contributed by atoms with van der Waals surface area (Å²) in [6, 6.07) is 6.26. The highest BCUT2D eigenvalue weighted by Crippen LogP contribution is 2.23. The van der Waals surface area contributed by atoms with Gasteiger partial charge in [0.1, 0.15) is 5.82 Å². The number of hydrogen-bond acceptors (Lipinski definition) is 3. The molecule has 1 N–H and O–H groups in total. The Labute approximate surface area is 114 Å². The lowest BCUT2D eigenvalue weighted by molar-refractivity contribution is 0.183. The smallest absolute Gasteiger partial charge is 0.146 e. The highest BCUT2D eigenvalue weighted by molar-refractivity contribution is 5.49. The number of benzene rings is 1. The van der Waals surface area contributed by atoms with Gasteiger partial charge in [0, 0.05) is 32.8 Å². The number of likely N-dealkylation sites (N-methyl/N-ethyl adjacent to an activating group) is 1. The molecule has 0 spiro atoms. The van der Waals surface area contributed by atoms with Crippen molar-refractivity contribution >= 4 is 5.69 Å². The van der Waals surface area contributed by atoms with E-state index in [2.05, 4.69) is 5.32 Å². The van der Waals surface area contributed by atoms with Crippen LogP contribution in [0.2, 0.25) is 0 Å². The summed E-state index contributed by atoms with van der Waals surface area (Å²) in [6.07, 6.45) is 2.50. The molecule has 0 bridgehead atoms. The fourth-order valence-corrected chi connectivity index (χ4v) is 2.09. The molecule has 106 valence electrons. The van der Waals surface area contributed by atoms with Crippen molar-refractivity contribution in [3.05, 3.63) is 29.6 Å². The molecule has 1 aliphatic carbocycles. The molecule has 19 heavy (non-hydrogen) atoms. The zero-order chi connectivity index (χ0) is 13.8. The van der Waals surface area contributed by atoms with E-state index in [1.54, 1.807) is 13.2 Å². The molecule has 0 amide bonds. The van der Waals surface area contributed by atoms with Gasteiger partial charge in [0.05, 0.1) is 12.3 Å². The van der Waals surface area contributed by atoms with Gasteiger partial charge in [-0.3, -0.25) is 0 Å². The predicted octanol–water partition coefficient (Wildman–Crippen LogP) is 2.55. The van der Waals surface area contributed by atoms with E-state index >= 15 is 0 Å². The average Bonchev–Trinajstić information content (AvgIpc) is 3.20. The van der Waals surface area contributed by atoms with E-state index in [1.807, 2.05) is 31.0 Å². The maximum absolute atomic E-state index is 14.1. The molecule has 0 radical (unpaired) electrons. The van der Waals surface area contributed by atoms with Gasteiger partial charge in [-0.25, -0.2) is 4.39 Å². The van der Waals surface area contributed by atoms with E-state index < -0.39 is 0 Å². The normalized spacial score (nSPS) is 16.4. The Bertz CT molecular complexity index is 421. The molecular formula is C15H23FN2O.